The Morgan fingerprint density at radius 3 is 1.03 bits per heavy atom. The summed E-state index contributed by atoms with van der Waals surface area (Å²) >= 11 is 0. The molecule has 0 spiro atoms. The Kier molecular flexibility index (Phi) is 7.98. The van der Waals surface area contributed by atoms with Gasteiger partial charge in [-0.05, 0) is 36.4 Å². The number of hydrogen-bond donors (Lipinski definition) is 0. The first kappa shape index (κ1) is 23.3. The largest absolute Gasteiger partial charge is 0.295 e. The van der Waals surface area contributed by atoms with Gasteiger partial charge in [-0.2, -0.15) is 0 Å². The fraction of sp³-hybridized carbons (Fsp3) is 0.375. The number of hydrogen-bond acceptors (Lipinski definition) is 6. The van der Waals surface area contributed by atoms with E-state index in [-0.39, 0.29) is 17.5 Å². The van der Waals surface area contributed by atoms with E-state index < -0.39 is 0 Å². The summed E-state index contributed by atoms with van der Waals surface area (Å²) < 4.78 is 42.6. The van der Waals surface area contributed by atoms with Gasteiger partial charge in [-0.15, -0.1) is 0 Å². The SMILES string of the molecule is Fc1cccnc1CN1CCN(Cc2ncccc2F)CCN(Cc2ncccc2F)CC1. The molecule has 1 fully saturated rings. The molecule has 1 saturated heterocycles. The average Bonchev–Trinajstić information content (AvgIpc) is 2.90. The van der Waals surface area contributed by atoms with Crippen LogP contribution in [0.5, 0.6) is 0 Å². The maximum Gasteiger partial charge on any atom is 0.146 e. The molecule has 0 bridgehead atoms. The van der Waals surface area contributed by atoms with E-state index in [0.717, 1.165) is 0 Å². The molecule has 4 heterocycles. The van der Waals surface area contributed by atoms with Crippen molar-refractivity contribution in [2.75, 3.05) is 39.3 Å². The summed E-state index contributed by atoms with van der Waals surface area (Å²) in [5.74, 6) is -1.01. The first-order chi connectivity index (χ1) is 16.1. The summed E-state index contributed by atoms with van der Waals surface area (Å²) in [5, 5.41) is 0. The van der Waals surface area contributed by atoms with E-state index in [1.54, 1.807) is 36.8 Å². The van der Waals surface area contributed by atoms with Gasteiger partial charge in [0, 0.05) is 77.5 Å². The second-order valence-electron chi connectivity index (χ2n) is 8.12. The van der Waals surface area contributed by atoms with Gasteiger partial charge in [0.05, 0.1) is 17.1 Å². The fourth-order valence-corrected chi connectivity index (χ4v) is 3.90. The summed E-state index contributed by atoms with van der Waals surface area (Å²) in [6, 6.07) is 8.94. The van der Waals surface area contributed by atoms with Crippen LogP contribution in [0.4, 0.5) is 13.2 Å². The van der Waals surface area contributed by atoms with E-state index in [1.807, 2.05) is 0 Å². The highest BCUT2D eigenvalue weighted by atomic mass is 19.1. The minimum absolute atomic E-state index is 0.336. The third-order valence-corrected chi connectivity index (χ3v) is 5.82. The molecule has 3 aromatic heterocycles. The lowest BCUT2D eigenvalue weighted by Gasteiger charge is -2.25. The van der Waals surface area contributed by atoms with Crippen LogP contribution in [0.1, 0.15) is 17.1 Å². The minimum Gasteiger partial charge on any atom is -0.295 e. The van der Waals surface area contributed by atoms with Gasteiger partial charge < -0.3 is 0 Å². The first-order valence-corrected chi connectivity index (χ1v) is 11.0. The van der Waals surface area contributed by atoms with E-state index in [0.29, 0.717) is 76.0 Å². The predicted octanol–water partition coefficient (Wildman–Crippen LogP) is 3.11. The van der Waals surface area contributed by atoms with Crippen molar-refractivity contribution in [2.45, 2.75) is 19.6 Å². The maximum absolute atomic E-state index is 14.2. The van der Waals surface area contributed by atoms with E-state index in [9.17, 15) is 13.2 Å². The second kappa shape index (κ2) is 11.3. The van der Waals surface area contributed by atoms with Gasteiger partial charge in [0.2, 0.25) is 0 Å². The van der Waals surface area contributed by atoms with Crippen molar-refractivity contribution < 1.29 is 13.2 Å². The van der Waals surface area contributed by atoms with E-state index in [4.69, 9.17) is 0 Å². The Morgan fingerprint density at radius 1 is 0.515 bits per heavy atom. The van der Waals surface area contributed by atoms with Crippen LogP contribution in [-0.2, 0) is 19.6 Å². The molecule has 0 amide bonds. The van der Waals surface area contributed by atoms with Crippen LogP contribution >= 0.6 is 0 Å². The highest BCUT2D eigenvalue weighted by Gasteiger charge is 2.20. The van der Waals surface area contributed by atoms with Crippen molar-refractivity contribution in [1.82, 2.24) is 29.7 Å². The predicted molar refractivity (Wildman–Crippen MR) is 118 cm³/mol. The van der Waals surface area contributed by atoms with Crippen LogP contribution in [0.3, 0.4) is 0 Å². The second-order valence-corrected chi connectivity index (χ2v) is 8.12. The topological polar surface area (TPSA) is 48.4 Å². The van der Waals surface area contributed by atoms with Crippen LogP contribution in [0.25, 0.3) is 0 Å². The normalized spacial score (nSPS) is 16.8. The molecule has 3 aromatic rings. The van der Waals surface area contributed by atoms with Crippen molar-refractivity contribution in [2.24, 2.45) is 0 Å². The van der Waals surface area contributed by atoms with Crippen LogP contribution < -0.4 is 0 Å². The molecule has 0 radical (unpaired) electrons. The molecule has 0 aliphatic carbocycles. The summed E-state index contributed by atoms with van der Waals surface area (Å²) in [5.41, 5.74) is 1.17. The Bertz CT molecular complexity index is 906. The average molecular weight is 457 g/mol. The van der Waals surface area contributed by atoms with Crippen molar-refractivity contribution in [3.05, 3.63) is 89.5 Å². The number of halogens is 3. The quantitative estimate of drug-likeness (QED) is 0.568. The van der Waals surface area contributed by atoms with Crippen LogP contribution in [-0.4, -0.2) is 68.9 Å². The molecule has 0 saturated carbocycles. The van der Waals surface area contributed by atoms with Gasteiger partial charge in [-0.3, -0.25) is 29.7 Å². The molecule has 0 N–H and O–H groups in total. The molecular formula is C24H27F3N6. The van der Waals surface area contributed by atoms with Crippen molar-refractivity contribution in [3.63, 3.8) is 0 Å². The Morgan fingerprint density at radius 2 is 0.788 bits per heavy atom. The molecule has 6 nitrogen and oxygen atoms in total. The lowest BCUT2D eigenvalue weighted by molar-refractivity contribution is 0.203. The maximum atomic E-state index is 14.2. The van der Waals surface area contributed by atoms with Gasteiger partial charge in [0.1, 0.15) is 17.5 Å². The molecule has 9 heteroatoms. The zero-order chi connectivity index (χ0) is 23.0. The van der Waals surface area contributed by atoms with Crippen LogP contribution in [0, 0.1) is 17.5 Å². The summed E-state index contributed by atoms with van der Waals surface area (Å²) in [4.78, 5) is 18.9. The molecule has 1 aliphatic heterocycles. The standard InChI is InChI=1S/C24H27F3N6/c25-19-4-1-7-28-22(19)16-31-10-12-32(17-23-20(26)5-2-8-29-23)14-15-33(13-11-31)18-24-21(27)6-3-9-30-24/h1-9H,10-18H2. The highest BCUT2D eigenvalue weighted by molar-refractivity contribution is 5.09. The zero-order valence-corrected chi connectivity index (χ0v) is 18.4. The third-order valence-electron chi connectivity index (χ3n) is 5.82. The molecule has 0 aromatic carbocycles. The van der Waals surface area contributed by atoms with Crippen LogP contribution in [0.15, 0.2) is 55.0 Å². The Labute approximate surface area is 191 Å². The minimum atomic E-state index is -0.336. The number of rotatable bonds is 6. The Hall–Kier alpha value is -2.88. The molecule has 0 atom stereocenters. The van der Waals surface area contributed by atoms with Gasteiger partial charge in [-0.1, -0.05) is 0 Å². The lowest BCUT2D eigenvalue weighted by Crippen LogP contribution is -2.36. The van der Waals surface area contributed by atoms with Gasteiger partial charge in [0.15, 0.2) is 0 Å². The summed E-state index contributed by atoms with van der Waals surface area (Å²) in [7, 11) is 0. The van der Waals surface area contributed by atoms with E-state index in [1.165, 1.54) is 18.2 Å². The number of pyridine rings is 3. The number of aromatic nitrogens is 3. The lowest BCUT2D eigenvalue weighted by atomic mass is 10.3. The van der Waals surface area contributed by atoms with Gasteiger partial charge >= 0.3 is 0 Å². The molecule has 33 heavy (non-hydrogen) atoms. The third kappa shape index (κ3) is 6.56. The summed E-state index contributed by atoms with van der Waals surface area (Å²) in [6.45, 7) is 5.07. The van der Waals surface area contributed by atoms with Gasteiger partial charge in [0.25, 0.3) is 0 Å². The smallest absolute Gasteiger partial charge is 0.146 e. The molecule has 0 unspecified atom stereocenters. The number of nitrogens with zero attached hydrogens (tertiary/aromatic N) is 6. The Balaban J connectivity index is 1.51. The highest BCUT2D eigenvalue weighted by Crippen LogP contribution is 2.13. The first-order valence-electron chi connectivity index (χ1n) is 11.0. The zero-order valence-electron chi connectivity index (χ0n) is 18.4. The van der Waals surface area contributed by atoms with E-state index in [2.05, 4.69) is 29.7 Å². The fourth-order valence-electron chi connectivity index (χ4n) is 3.90. The molecule has 4 rings (SSSR count). The van der Waals surface area contributed by atoms with E-state index >= 15 is 0 Å². The molecule has 1 aliphatic rings. The molecular weight excluding hydrogens is 429 g/mol. The van der Waals surface area contributed by atoms with Gasteiger partial charge in [-0.25, -0.2) is 13.2 Å². The molecule has 174 valence electrons. The monoisotopic (exact) mass is 456 g/mol. The van der Waals surface area contributed by atoms with Crippen molar-refractivity contribution >= 4 is 0 Å². The van der Waals surface area contributed by atoms with Crippen molar-refractivity contribution in [1.29, 1.82) is 0 Å². The summed E-state index contributed by atoms with van der Waals surface area (Å²) in [6.07, 6.45) is 4.75. The van der Waals surface area contributed by atoms with Crippen LogP contribution in [0.2, 0.25) is 0 Å². The van der Waals surface area contributed by atoms with Crippen molar-refractivity contribution in [3.8, 4) is 0 Å².